The summed E-state index contributed by atoms with van der Waals surface area (Å²) in [6.07, 6.45) is 6.26. The molecule has 3 heterocycles. The SMILES string of the molecule is O=C(c1cc2sc(Br)cc2n1CC1CCC1)N1CCCC1. The monoisotopic (exact) mass is 366 g/mol. The van der Waals surface area contributed by atoms with E-state index >= 15 is 0 Å². The standard InChI is InChI=1S/C16H19BrN2OS/c17-15-9-12-14(21-15)8-13(16(20)18-6-1-2-7-18)19(12)10-11-4-3-5-11/h8-9,11H,1-7,10H2. The second-order valence-electron chi connectivity index (χ2n) is 6.24. The molecule has 1 aliphatic carbocycles. The summed E-state index contributed by atoms with van der Waals surface area (Å²) in [4.78, 5) is 14.8. The lowest BCUT2D eigenvalue weighted by molar-refractivity contribution is 0.0780. The molecule has 2 aliphatic rings. The second kappa shape index (κ2) is 5.43. The van der Waals surface area contributed by atoms with Gasteiger partial charge in [-0.3, -0.25) is 4.79 Å². The van der Waals surface area contributed by atoms with Gasteiger partial charge in [-0.15, -0.1) is 11.3 Å². The van der Waals surface area contributed by atoms with E-state index in [0.717, 1.165) is 47.9 Å². The average Bonchev–Trinajstić information content (AvgIpc) is 3.09. The lowest BCUT2D eigenvalue weighted by atomic mass is 9.85. The topological polar surface area (TPSA) is 25.2 Å². The fraction of sp³-hybridized carbons (Fsp3) is 0.562. The zero-order valence-electron chi connectivity index (χ0n) is 12.0. The molecule has 0 unspecified atom stereocenters. The van der Waals surface area contributed by atoms with Crippen molar-refractivity contribution in [2.75, 3.05) is 13.1 Å². The number of carbonyl (C=O) groups excluding carboxylic acids is 1. The van der Waals surface area contributed by atoms with Crippen LogP contribution < -0.4 is 0 Å². The van der Waals surface area contributed by atoms with Crippen LogP contribution in [0.5, 0.6) is 0 Å². The van der Waals surface area contributed by atoms with Gasteiger partial charge in [0.05, 0.1) is 14.0 Å². The van der Waals surface area contributed by atoms with Crippen LogP contribution in [-0.4, -0.2) is 28.5 Å². The van der Waals surface area contributed by atoms with Crippen LogP contribution in [0.4, 0.5) is 0 Å². The third kappa shape index (κ3) is 2.44. The Morgan fingerprint density at radius 1 is 1.24 bits per heavy atom. The molecule has 1 amide bonds. The predicted molar refractivity (Wildman–Crippen MR) is 90.0 cm³/mol. The van der Waals surface area contributed by atoms with Gasteiger partial charge in [0, 0.05) is 19.6 Å². The number of hydrogen-bond acceptors (Lipinski definition) is 2. The highest BCUT2D eigenvalue weighted by molar-refractivity contribution is 9.11. The van der Waals surface area contributed by atoms with Crippen molar-refractivity contribution in [3.8, 4) is 0 Å². The number of nitrogens with zero attached hydrogens (tertiary/aromatic N) is 2. The van der Waals surface area contributed by atoms with E-state index in [9.17, 15) is 4.79 Å². The summed E-state index contributed by atoms with van der Waals surface area (Å²) in [6.45, 7) is 2.84. The van der Waals surface area contributed by atoms with E-state index in [4.69, 9.17) is 0 Å². The minimum atomic E-state index is 0.228. The first-order valence-electron chi connectivity index (χ1n) is 7.80. The van der Waals surface area contributed by atoms with Gasteiger partial charge in [-0.25, -0.2) is 0 Å². The van der Waals surface area contributed by atoms with Gasteiger partial charge in [0.15, 0.2) is 0 Å². The smallest absolute Gasteiger partial charge is 0.270 e. The molecule has 0 aromatic carbocycles. The van der Waals surface area contributed by atoms with Gasteiger partial charge in [-0.2, -0.15) is 0 Å². The number of rotatable bonds is 3. The van der Waals surface area contributed by atoms with Gasteiger partial charge < -0.3 is 9.47 Å². The highest BCUT2D eigenvalue weighted by Crippen LogP contribution is 2.36. The van der Waals surface area contributed by atoms with Gasteiger partial charge in [0.2, 0.25) is 0 Å². The molecule has 2 aromatic rings. The van der Waals surface area contributed by atoms with Crippen LogP contribution in [0.15, 0.2) is 15.9 Å². The molecule has 0 N–H and O–H groups in total. The molecular weight excluding hydrogens is 348 g/mol. The fourth-order valence-corrected chi connectivity index (χ4v) is 4.97. The Morgan fingerprint density at radius 2 is 2.00 bits per heavy atom. The molecule has 3 nitrogen and oxygen atoms in total. The Hall–Kier alpha value is -0.810. The van der Waals surface area contributed by atoms with Crippen molar-refractivity contribution in [1.29, 1.82) is 0 Å². The first-order valence-corrected chi connectivity index (χ1v) is 9.41. The molecule has 1 saturated heterocycles. The summed E-state index contributed by atoms with van der Waals surface area (Å²) < 4.78 is 4.65. The molecule has 1 saturated carbocycles. The van der Waals surface area contributed by atoms with Gasteiger partial charge in [-0.1, -0.05) is 6.42 Å². The average molecular weight is 367 g/mol. The number of aromatic nitrogens is 1. The maximum atomic E-state index is 12.8. The summed E-state index contributed by atoms with van der Waals surface area (Å²) in [6, 6.07) is 4.27. The molecular formula is C16H19BrN2OS. The molecule has 5 heteroatoms. The molecule has 4 rings (SSSR count). The molecule has 112 valence electrons. The summed E-state index contributed by atoms with van der Waals surface area (Å²) in [7, 11) is 0. The third-order valence-electron chi connectivity index (χ3n) is 4.84. The van der Waals surface area contributed by atoms with Crippen LogP contribution in [0.3, 0.4) is 0 Å². The van der Waals surface area contributed by atoms with E-state index in [0.29, 0.717) is 0 Å². The lowest BCUT2D eigenvalue weighted by Crippen LogP contribution is -2.30. The van der Waals surface area contributed by atoms with Crippen LogP contribution in [-0.2, 0) is 6.54 Å². The molecule has 2 fully saturated rings. The number of fused-ring (bicyclic) bond motifs is 1. The lowest BCUT2D eigenvalue weighted by Gasteiger charge is -2.27. The zero-order chi connectivity index (χ0) is 14.4. The van der Waals surface area contributed by atoms with Crippen molar-refractivity contribution >= 4 is 43.4 Å². The van der Waals surface area contributed by atoms with E-state index in [1.54, 1.807) is 11.3 Å². The van der Waals surface area contributed by atoms with E-state index in [-0.39, 0.29) is 5.91 Å². The summed E-state index contributed by atoms with van der Waals surface area (Å²) in [5, 5.41) is 0. The molecule has 0 spiro atoms. The van der Waals surface area contributed by atoms with Crippen LogP contribution in [0.25, 0.3) is 10.2 Å². The van der Waals surface area contributed by atoms with Crippen molar-refractivity contribution in [3.63, 3.8) is 0 Å². The Balaban J connectivity index is 1.73. The van der Waals surface area contributed by atoms with Crippen molar-refractivity contribution in [3.05, 3.63) is 21.6 Å². The summed E-state index contributed by atoms with van der Waals surface area (Å²) >= 11 is 5.30. The van der Waals surface area contributed by atoms with Crippen LogP contribution in [0, 0.1) is 5.92 Å². The third-order valence-corrected chi connectivity index (χ3v) is 6.41. The molecule has 0 bridgehead atoms. The van der Waals surface area contributed by atoms with E-state index in [1.165, 1.54) is 29.5 Å². The summed E-state index contributed by atoms with van der Waals surface area (Å²) in [5.41, 5.74) is 2.12. The number of amides is 1. The van der Waals surface area contributed by atoms with E-state index in [1.807, 2.05) is 4.90 Å². The van der Waals surface area contributed by atoms with Gasteiger partial charge >= 0.3 is 0 Å². The first kappa shape index (κ1) is 13.8. The molecule has 21 heavy (non-hydrogen) atoms. The van der Waals surface area contributed by atoms with Gasteiger partial charge in [-0.05, 0) is 59.7 Å². The highest BCUT2D eigenvalue weighted by Gasteiger charge is 2.27. The predicted octanol–water partition coefficient (Wildman–Crippen LogP) is 4.50. The Bertz CT molecular complexity index is 680. The molecule has 0 atom stereocenters. The molecule has 0 radical (unpaired) electrons. The molecule has 1 aliphatic heterocycles. The quantitative estimate of drug-likeness (QED) is 0.784. The van der Waals surface area contributed by atoms with Crippen LogP contribution in [0.1, 0.15) is 42.6 Å². The minimum Gasteiger partial charge on any atom is -0.337 e. The second-order valence-corrected chi connectivity index (χ2v) is 8.70. The van der Waals surface area contributed by atoms with E-state index in [2.05, 4.69) is 32.6 Å². The Morgan fingerprint density at radius 3 is 2.67 bits per heavy atom. The van der Waals surface area contributed by atoms with Crippen molar-refractivity contribution < 1.29 is 4.79 Å². The van der Waals surface area contributed by atoms with Gasteiger partial charge in [0.1, 0.15) is 5.69 Å². The minimum absolute atomic E-state index is 0.228. The Labute approximate surface area is 137 Å². The van der Waals surface area contributed by atoms with Crippen molar-refractivity contribution in [1.82, 2.24) is 9.47 Å². The maximum absolute atomic E-state index is 12.8. The van der Waals surface area contributed by atoms with E-state index < -0.39 is 0 Å². The largest absolute Gasteiger partial charge is 0.337 e. The van der Waals surface area contributed by atoms with Crippen LogP contribution >= 0.6 is 27.3 Å². The van der Waals surface area contributed by atoms with Crippen molar-refractivity contribution in [2.45, 2.75) is 38.6 Å². The number of thiophene rings is 1. The van der Waals surface area contributed by atoms with Crippen molar-refractivity contribution in [2.24, 2.45) is 5.92 Å². The first-order chi connectivity index (χ1) is 10.2. The Kier molecular flexibility index (Phi) is 3.58. The fourth-order valence-electron chi connectivity index (χ4n) is 3.40. The highest BCUT2D eigenvalue weighted by atomic mass is 79.9. The summed E-state index contributed by atoms with van der Waals surface area (Å²) in [5.74, 6) is 0.982. The zero-order valence-corrected chi connectivity index (χ0v) is 14.4. The number of carbonyl (C=O) groups is 1. The van der Waals surface area contributed by atoms with Crippen LogP contribution in [0.2, 0.25) is 0 Å². The maximum Gasteiger partial charge on any atom is 0.270 e. The normalized spacial score (nSPS) is 19.4. The number of hydrogen-bond donors (Lipinski definition) is 0. The number of likely N-dealkylation sites (tertiary alicyclic amines) is 1. The molecule has 2 aromatic heterocycles. The van der Waals surface area contributed by atoms with Gasteiger partial charge in [0.25, 0.3) is 5.91 Å². The number of halogens is 1.